The monoisotopic (exact) mass is 208 g/mol. The maximum Gasteiger partial charge on any atom is 0.169 e. The van der Waals surface area contributed by atoms with Crippen molar-refractivity contribution in [1.29, 1.82) is 0 Å². The Morgan fingerprint density at radius 1 is 1.36 bits per heavy atom. The molecular formula is C9H9ClN4. The molecule has 0 amide bonds. The Bertz CT molecular complexity index is 444. The van der Waals surface area contributed by atoms with Gasteiger partial charge in [0.1, 0.15) is 5.69 Å². The summed E-state index contributed by atoms with van der Waals surface area (Å²) in [7, 11) is 0. The SMILES string of the molecule is Cc1nn(-c2cccc(Cl)c2)nc1N. The molecule has 0 atom stereocenters. The number of nitrogens with zero attached hydrogens (tertiary/aromatic N) is 3. The highest BCUT2D eigenvalue weighted by Crippen LogP contribution is 2.14. The van der Waals surface area contributed by atoms with Gasteiger partial charge in [0.2, 0.25) is 0 Å². The zero-order valence-electron chi connectivity index (χ0n) is 7.61. The van der Waals surface area contributed by atoms with E-state index in [-0.39, 0.29) is 0 Å². The number of nitrogens with two attached hydrogens (primary N) is 1. The van der Waals surface area contributed by atoms with Crippen LogP contribution < -0.4 is 5.73 Å². The molecule has 2 N–H and O–H groups in total. The lowest BCUT2D eigenvalue weighted by Gasteiger charge is -1.98. The molecule has 14 heavy (non-hydrogen) atoms. The Hall–Kier alpha value is -1.55. The molecule has 2 aromatic rings. The first-order valence-corrected chi connectivity index (χ1v) is 4.50. The Balaban J connectivity index is 2.49. The van der Waals surface area contributed by atoms with Crippen LogP contribution in [0.15, 0.2) is 24.3 Å². The van der Waals surface area contributed by atoms with Gasteiger partial charge in [-0.15, -0.1) is 9.90 Å². The minimum Gasteiger partial charge on any atom is -0.381 e. The highest BCUT2D eigenvalue weighted by molar-refractivity contribution is 6.30. The minimum atomic E-state index is 0.435. The van der Waals surface area contributed by atoms with E-state index >= 15 is 0 Å². The maximum atomic E-state index is 5.84. The minimum absolute atomic E-state index is 0.435. The summed E-state index contributed by atoms with van der Waals surface area (Å²) >= 11 is 5.84. The van der Waals surface area contributed by atoms with Crippen LogP contribution in [0, 0.1) is 6.92 Å². The first kappa shape index (κ1) is 9.02. The Kier molecular flexibility index (Phi) is 2.13. The molecule has 0 aliphatic carbocycles. The normalized spacial score (nSPS) is 10.4. The lowest BCUT2D eigenvalue weighted by atomic mass is 10.3. The number of aromatic nitrogens is 3. The van der Waals surface area contributed by atoms with E-state index in [1.165, 1.54) is 4.80 Å². The van der Waals surface area contributed by atoms with Crippen LogP contribution in [-0.2, 0) is 0 Å². The standard InChI is InChI=1S/C9H9ClN4/c1-6-9(11)13-14(12-6)8-4-2-3-7(10)5-8/h2-5H,1H3,(H2,11,13). The van der Waals surface area contributed by atoms with Crippen LogP contribution in [-0.4, -0.2) is 15.0 Å². The molecule has 0 radical (unpaired) electrons. The van der Waals surface area contributed by atoms with Gasteiger partial charge in [-0.05, 0) is 25.1 Å². The Morgan fingerprint density at radius 3 is 2.71 bits per heavy atom. The molecule has 1 aromatic carbocycles. The third-order valence-electron chi connectivity index (χ3n) is 1.86. The molecule has 0 aliphatic rings. The van der Waals surface area contributed by atoms with Crippen molar-refractivity contribution in [2.24, 2.45) is 0 Å². The maximum absolute atomic E-state index is 5.84. The van der Waals surface area contributed by atoms with Crippen LogP contribution in [0.4, 0.5) is 5.82 Å². The second kappa shape index (κ2) is 3.31. The summed E-state index contributed by atoms with van der Waals surface area (Å²) in [6, 6.07) is 7.28. The van der Waals surface area contributed by atoms with Crippen molar-refractivity contribution >= 4 is 17.4 Å². The third-order valence-corrected chi connectivity index (χ3v) is 2.09. The number of hydrogen-bond donors (Lipinski definition) is 1. The molecule has 4 nitrogen and oxygen atoms in total. The van der Waals surface area contributed by atoms with Gasteiger partial charge in [-0.2, -0.15) is 5.10 Å². The fourth-order valence-corrected chi connectivity index (χ4v) is 1.29. The highest BCUT2D eigenvalue weighted by atomic mass is 35.5. The average Bonchev–Trinajstić information content (AvgIpc) is 2.47. The van der Waals surface area contributed by atoms with Crippen molar-refractivity contribution in [3.05, 3.63) is 35.0 Å². The predicted molar refractivity (Wildman–Crippen MR) is 55.5 cm³/mol. The van der Waals surface area contributed by atoms with Crippen LogP contribution in [0.25, 0.3) is 5.69 Å². The zero-order chi connectivity index (χ0) is 10.1. The number of rotatable bonds is 1. The van der Waals surface area contributed by atoms with E-state index in [1.807, 2.05) is 19.1 Å². The van der Waals surface area contributed by atoms with Crippen molar-refractivity contribution in [2.75, 3.05) is 5.73 Å². The van der Waals surface area contributed by atoms with E-state index in [4.69, 9.17) is 17.3 Å². The lowest BCUT2D eigenvalue weighted by molar-refractivity contribution is 0.748. The van der Waals surface area contributed by atoms with E-state index < -0.39 is 0 Å². The number of halogens is 1. The van der Waals surface area contributed by atoms with Gasteiger partial charge < -0.3 is 5.73 Å². The Morgan fingerprint density at radius 2 is 2.14 bits per heavy atom. The van der Waals surface area contributed by atoms with Crippen LogP contribution in [0.1, 0.15) is 5.69 Å². The van der Waals surface area contributed by atoms with Crippen molar-refractivity contribution in [3.8, 4) is 5.69 Å². The number of anilines is 1. The van der Waals surface area contributed by atoms with E-state index in [1.54, 1.807) is 12.1 Å². The molecule has 0 bridgehead atoms. The molecule has 0 saturated heterocycles. The van der Waals surface area contributed by atoms with Gasteiger partial charge in [0.15, 0.2) is 5.82 Å². The number of aryl methyl sites for hydroxylation is 1. The number of hydrogen-bond acceptors (Lipinski definition) is 3. The third kappa shape index (κ3) is 1.56. The van der Waals surface area contributed by atoms with E-state index in [0.29, 0.717) is 16.5 Å². The zero-order valence-corrected chi connectivity index (χ0v) is 8.36. The first-order chi connectivity index (χ1) is 6.66. The van der Waals surface area contributed by atoms with Crippen molar-refractivity contribution < 1.29 is 0 Å². The van der Waals surface area contributed by atoms with Crippen LogP contribution in [0.5, 0.6) is 0 Å². The predicted octanol–water partition coefficient (Wildman–Crippen LogP) is 1.81. The van der Waals surface area contributed by atoms with Crippen molar-refractivity contribution in [1.82, 2.24) is 15.0 Å². The van der Waals surface area contributed by atoms with E-state index in [0.717, 1.165) is 5.69 Å². The van der Waals surface area contributed by atoms with Gasteiger partial charge in [0, 0.05) is 5.02 Å². The van der Waals surface area contributed by atoms with Crippen molar-refractivity contribution in [3.63, 3.8) is 0 Å². The largest absolute Gasteiger partial charge is 0.381 e. The molecular weight excluding hydrogens is 200 g/mol. The molecule has 1 aromatic heterocycles. The average molecular weight is 209 g/mol. The Labute approximate surface area is 86.3 Å². The fraction of sp³-hybridized carbons (Fsp3) is 0.111. The van der Waals surface area contributed by atoms with E-state index in [9.17, 15) is 0 Å². The summed E-state index contributed by atoms with van der Waals surface area (Å²) < 4.78 is 0. The molecule has 72 valence electrons. The van der Waals surface area contributed by atoms with E-state index in [2.05, 4.69) is 10.2 Å². The molecule has 0 aliphatic heterocycles. The summed E-state index contributed by atoms with van der Waals surface area (Å²) in [5.74, 6) is 0.435. The number of benzene rings is 1. The van der Waals surface area contributed by atoms with Crippen LogP contribution in [0.2, 0.25) is 5.02 Å². The summed E-state index contributed by atoms with van der Waals surface area (Å²) in [6.45, 7) is 1.81. The number of nitrogen functional groups attached to an aromatic ring is 1. The second-order valence-corrected chi connectivity index (χ2v) is 3.38. The summed E-state index contributed by atoms with van der Waals surface area (Å²) in [5, 5.41) is 8.84. The summed E-state index contributed by atoms with van der Waals surface area (Å²) in [4.78, 5) is 1.47. The molecule has 0 fully saturated rings. The first-order valence-electron chi connectivity index (χ1n) is 4.12. The molecule has 5 heteroatoms. The quantitative estimate of drug-likeness (QED) is 0.778. The van der Waals surface area contributed by atoms with Crippen molar-refractivity contribution in [2.45, 2.75) is 6.92 Å². The molecule has 0 unspecified atom stereocenters. The topological polar surface area (TPSA) is 56.7 Å². The second-order valence-electron chi connectivity index (χ2n) is 2.94. The van der Waals surface area contributed by atoms with Gasteiger partial charge in [-0.1, -0.05) is 17.7 Å². The molecule has 0 saturated carbocycles. The summed E-state index contributed by atoms with van der Waals surface area (Å²) in [5.41, 5.74) is 7.10. The summed E-state index contributed by atoms with van der Waals surface area (Å²) in [6.07, 6.45) is 0. The molecule has 1 heterocycles. The highest BCUT2D eigenvalue weighted by Gasteiger charge is 2.04. The van der Waals surface area contributed by atoms with Gasteiger partial charge in [-0.25, -0.2) is 0 Å². The fourth-order valence-electron chi connectivity index (χ4n) is 1.11. The van der Waals surface area contributed by atoms with Gasteiger partial charge in [0.25, 0.3) is 0 Å². The van der Waals surface area contributed by atoms with Crippen LogP contribution in [0.3, 0.4) is 0 Å². The van der Waals surface area contributed by atoms with Crippen LogP contribution >= 0.6 is 11.6 Å². The lowest BCUT2D eigenvalue weighted by Crippen LogP contribution is -1.98. The smallest absolute Gasteiger partial charge is 0.169 e. The van der Waals surface area contributed by atoms with Gasteiger partial charge >= 0.3 is 0 Å². The molecule has 2 rings (SSSR count). The van der Waals surface area contributed by atoms with Gasteiger partial charge in [-0.3, -0.25) is 0 Å². The molecule has 0 spiro atoms. The van der Waals surface area contributed by atoms with Gasteiger partial charge in [0.05, 0.1) is 5.69 Å².